The number of hydrogen-bond donors (Lipinski definition) is 2. The summed E-state index contributed by atoms with van der Waals surface area (Å²) in [4.78, 5) is 28.9. The lowest BCUT2D eigenvalue weighted by atomic mass is 9.90. The number of alkyl halides is 3. The molecule has 0 saturated carbocycles. The Bertz CT molecular complexity index is 2090. The summed E-state index contributed by atoms with van der Waals surface area (Å²) in [5.74, 6) is -0.712. The van der Waals surface area contributed by atoms with Crippen LogP contribution in [0.4, 0.5) is 13.2 Å². The molecule has 2 saturated heterocycles. The summed E-state index contributed by atoms with van der Waals surface area (Å²) in [5.41, 5.74) is 3.03. The van der Waals surface area contributed by atoms with E-state index in [0.717, 1.165) is 33.4 Å². The summed E-state index contributed by atoms with van der Waals surface area (Å²) < 4.78 is 54.9. The third-order valence-electron chi connectivity index (χ3n) is 11.0. The molecule has 0 spiro atoms. The molecule has 2 atom stereocenters. The lowest BCUT2D eigenvalue weighted by Gasteiger charge is -2.44. The summed E-state index contributed by atoms with van der Waals surface area (Å²) in [5, 5.41) is 20.3. The molecule has 2 aromatic carbocycles. The number of carboxylic acids is 1. The van der Waals surface area contributed by atoms with E-state index in [-0.39, 0.29) is 42.7 Å². The summed E-state index contributed by atoms with van der Waals surface area (Å²) in [6.07, 6.45) is -3.12. The molecule has 2 fully saturated rings. The van der Waals surface area contributed by atoms with Crippen LogP contribution in [0.1, 0.15) is 66.4 Å². The molecular weight excluding hydrogens is 723 g/mol. The van der Waals surface area contributed by atoms with Crippen molar-refractivity contribution in [2.45, 2.75) is 70.3 Å². The highest BCUT2D eigenvalue weighted by Crippen LogP contribution is 2.45. The number of aliphatic hydroxyl groups is 1. The molecule has 0 radical (unpaired) electrons. The van der Waals surface area contributed by atoms with E-state index in [1.54, 1.807) is 18.9 Å². The number of nitrogens with zero attached hydrogens (tertiary/aromatic N) is 5. The van der Waals surface area contributed by atoms with Crippen molar-refractivity contribution < 1.29 is 37.7 Å². The van der Waals surface area contributed by atoms with Gasteiger partial charge in [-0.05, 0) is 74.8 Å². The molecule has 0 bridgehead atoms. The van der Waals surface area contributed by atoms with Gasteiger partial charge in [0.2, 0.25) is 11.8 Å². The largest absolute Gasteiger partial charge is 0.481 e. The Labute approximate surface area is 316 Å². The number of rotatable bonds is 11. The molecule has 1 aliphatic carbocycles. The van der Waals surface area contributed by atoms with E-state index in [2.05, 4.69) is 14.9 Å². The Balaban J connectivity index is 1.15. The number of benzene rings is 2. The van der Waals surface area contributed by atoms with E-state index in [1.165, 1.54) is 7.11 Å². The molecule has 0 amide bonds. The highest BCUT2D eigenvalue weighted by Gasteiger charge is 2.43. The third-order valence-corrected chi connectivity index (χ3v) is 11.4. The molecular formula is C40H43ClF3N5O5. The van der Waals surface area contributed by atoms with Crippen LogP contribution in [0.25, 0.3) is 22.4 Å². The van der Waals surface area contributed by atoms with Crippen LogP contribution in [-0.4, -0.2) is 86.9 Å². The van der Waals surface area contributed by atoms with Gasteiger partial charge < -0.3 is 19.7 Å². The fraction of sp³-hybridized carbons (Fsp3) is 0.450. The van der Waals surface area contributed by atoms with Gasteiger partial charge in [-0.25, -0.2) is 15.0 Å². The number of carboxylic acid groups (broad SMARTS) is 1. The second-order valence-electron chi connectivity index (χ2n) is 15.3. The van der Waals surface area contributed by atoms with Crippen molar-refractivity contribution in [3.8, 4) is 34.1 Å². The molecule has 2 aliphatic heterocycles. The SMILES string of the molecule is COc1nc(-c2cccc(-c3cccc4c3CC[C@@H]4Cc3nc(OC)c(CN4CC[C@@](C)(C(=O)O)C4)nc3C(F)(F)F)c2Cl)ccc1CN1CC(C)(O)C1. The van der Waals surface area contributed by atoms with Crippen molar-refractivity contribution in [2.24, 2.45) is 5.41 Å². The fourth-order valence-electron chi connectivity index (χ4n) is 8.26. The standard InChI is InChI=1S/C40H43ClF3N5O5/c1-38(37(50)51)15-16-48(20-38)19-32-36(54-4)47-31(34(45-32)40(42,43)44)17-23-11-13-27-25(23)7-5-8-26(27)28-9-6-10-29(33(28)41)30-14-12-24(35(46-30)53-3)18-49-21-39(2,52)22-49/h5-10,12,14,23,52H,11,13,15-22H2,1-4H3,(H,50,51)/t23-,38-/m1/s1. The van der Waals surface area contributed by atoms with Crippen LogP contribution in [-0.2, 0) is 36.9 Å². The van der Waals surface area contributed by atoms with Gasteiger partial charge in [0.1, 0.15) is 5.69 Å². The maximum atomic E-state index is 14.6. The molecule has 4 aromatic rings. The van der Waals surface area contributed by atoms with Gasteiger partial charge in [-0.2, -0.15) is 13.2 Å². The lowest BCUT2D eigenvalue weighted by molar-refractivity contribution is -0.147. The Kier molecular flexibility index (Phi) is 10.1. The molecule has 2 N–H and O–H groups in total. The normalized spacial score (nSPS) is 21.2. The number of halogens is 4. The molecule has 2 aromatic heterocycles. The molecule has 4 heterocycles. The van der Waals surface area contributed by atoms with Crippen molar-refractivity contribution in [3.05, 3.63) is 87.3 Å². The van der Waals surface area contributed by atoms with E-state index in [4.69, 9.17) is 26.1 Å². The summed E-state index contributed by atoms with van der Waals surface area (Å²) in [6, 6.07) is 15.5. The Morgan fingerprint density at radius 2 is 1.61 bits per heavy atom. The zero-order valence-corrected chi connectivity index (χ0v) is 31.4. The van der Waals surface area contributed by atoms with Gasteiger partial charge in [0, 0.05) is 49.4 Å². The Morgan fingerprint density at radius 3 is 2.28 bits per heavy atom. The average molecular weight is 766 g/mol. The van der Waals surface area contributed by atoms with Crippen LogP contribution < -0.4 is 9.47 Å². The van der Waals surface area contributed by atoms with Gasteiger partial charge in [-0.15, -0.1) is 0 Å². The molecule has 14 heteroatoms. The van der Waals surface area contributed by atoms with Crippen molar-refractivity contribution >= 4 is 17.6 Å². The second-order valence-corrected chi connectivity index (χ2v) is 15.7. The summed E-state index contributed by atoms with van der Waals surface area (Å²) in [6.45, 7) is 5.77. The number of pyridine rings is 1. The van der Waals surface area contributed by atoms with Crippen LogP contribution in [0.2, 0.25) is 5.02 Å². The second kappa shape index (κ2) is 14.4. The van der Waals surface area contributed by atoms with E-state index in [1.807, 2.05) is 55.5 Å². The number of aromatic nitrogens is 3. The molecule has 3 aliphatic rings. The first kappa shape index (κ1) is 38.0. The zero-order chi connectivity index (χ0) is 38.6. The van der Waals surface area contributed by atoms with Crippen LogP contribution in [0.15, 0.2) is 48.5 Å². The fourth-order valence-corrected chi connectivity index (χ4v) is 8.59. The van der Waals surface area contributed by atoms with Gasteiger partial charge in [-0.3, -0.25) is 14.6 Å². The van der Waals surface area contributed by atoms with Crippen molar-refractivity contribution in [3.63, 3.8) is 0 Å². The van der Waals surface area contributed by atoms with E-state index < -0.39 is 28.9 Å². The van der Waals surface area contributed by atoms with Crippen LogP contribution in [0.3, 0.4) is 0 Å². The molecule has 7 rings (SSSR count). The number of hydrogen-bond acceptors (Lipinski definition) is 9. The first-order valence-corrected chi connectivity index (χ1v) is 18.3. The maximum Gasteiger partial charge on any atom is 0.435 e. The summed E-state index contributed by atoms with van der Waals surface area (Å²) in [7, 11) is 2.93. The summed E-state index contributed by atoms with van der Waals surface area (Å²) >= 11 is 7.13. The van der Waals surface area contributed by atoms with Crippen molar-refractivity contribution in [1.82, 2.24) is 24.8 Å². The Hall–Kier alpha value is -4.30. The lowest BCUT2D eigenvalue weighted by Crippen LogP contribution is -2.59. The van der Waals surface area contributed by atoms with E-state index in [0.29, 0.717) is 62.0 Å². The Morgan fingerprint density at radius 1 is 0.907 bits per heavy atom. The molecule has 10 nitrogen and oxygen atoms in total. The minimum Gasteiger partial charge on any atom is -0.481 e. The highest BCUT2D eigenvalue weighted by atomic mass is 35.5. The number of ether oxygens (including phenoxy) is 2. The van der Waals surface area contributed by atoms with Crippen LogP contribution >= 0.6 is 11.6 Å². The zero-order valence-electron chi connectivity index (χ0n) is 30.6. The predicted molar refractivity (Wildman–Crippen MR) is 197 cm³/mol. The minimum atomic E-state index is -4.76. The van der Waals surface area contributed by atoms with Gasteiger partial charge in [0.25, 0.3) is 0 Å². The number of methoxy groups -OCH3 is 2. The first-order valence-electron chi connectivity index (χ1n) is 18.0. The minimum absolute atomic E-state index is 0.00413. The average Bonchev–Trinajstić information content (AvgIpc) is 3.71. The monoisotopic (exact) mass is 765 g/mol. The van der Waals surface area contributed by atoms with Crippen molar-refractivity contribution in [2.75, 3.05) is 40.4 Å². The number of β-amino-alcohol motifs (C(OH)–C–C–N with tert-alkyl or cyclic N) is 1. The predicted octanol–water partition coefficient (Wildman–Crippen LogP) is 7.03. The van der Waals surface area contributed by atoms with E-state index in [9.17, 15) is 28.2 Å². The number of aliphatic carboxylic acids is 1. The van der Waals surface area contributed by atoms with Crippen LogP contribution in [0, 0.1) is 5.41 Å². The topological polar surface area (TPSA) is 121 Å². The maximum absolute atomic E-state index is 14.6. The molecule has 0 unspecified atom stereocenters. The van der Waals surface area contributed by atoms with Gasteiger partial charge >= 0.3 is 12.1 Å². The molecule has 54 heavy (non-hydrogen) atoms. The van der Waals surface area contributed by atoms with Crippen molar-refractivity contribution in [1.29, 1.82) is 0 Å². The van der Waals surface area contributed by atoms with Gasteiger partial charge in [0.15, 0.2) is 5.69 Å². The molecule has 286 valence electrons. The number of carbonyl (C=O) groups is 1. The van der Waals surface area contributed by atoms with Crippen LogP contribution in [0.5, 0.6) is 11.8 Å². The quantitative estimate of drug-likeness (QED) is 0.165. The first-order chi connectivity index (χ1) is 25.6. The van der Waals surface area contributed by atoms with Gasteiger partial charge in [-0.1, -0.05) is 54.1 Å². The third kappa shape index (κ3) is 7.38. The number of likely N-dealkylation sites (tertiary alicyclic amines) is 2. The van der Waals surface area contributed by atoms with Gasteiger partial charge in [0.05, 0.1) is 41.6 Å². The smallest absolute Gasteiger partial charge is 0.435 e. The highest BCUT2D eigenvalue weighted by molar-refractivity contribution is 6.36. The van der Waals surface area contributed by atoms with E-state index >= 15 is 0 Å². The number of fused-ring (bicyclic) bond motifs is 1.